The minimum absolute atomic E-state index is 0.327. The molecule has 3 aromatic rings. The Morgan fingerprint density at radius 1 is 0.786 bits per heavy atom. The molecule has 28 heavy (non-hydrogen) atoms. The molecule has 2 heterocycles. The summed E-state index contributed by atoms with van der Waals surface area (Å²) < 4.78 is 26.2. The number of sulfone groups is 1. The second-order valence-electron chi connectivity index (χ2n) is 6.74. The Labute approximate surface area is 165 Å². The zero-order valence-corrected chi connectivity index (χ0v) is 16.3. The Morgan fingerprint density at radius 2 is 1.43 bits per heavy atom. The molecule has 1 aromatic heterocycles. The van der Waals surface area contributed by atoms with Gasteiger partial charge in [-0.2, -0.15) is 0 Å². The Kier molecular flexibility index (Phi) is 5.36. The number of rotatable bonds is 5. The average molecular weight is 395 g/mol. The maximum atomic E-state index is 13.1. The van der Waals surface area contributed by atoms with Crippen molar-refractivity contribution in [3.63, 3.8) is 0 Å². The standard InChI is InChI=1S/C21H22N4O2S/c26-28(27,19-8-2-1-3-9-19)20-10-5-4-7-18(20)17-24-13-15-25(16-14-24)21-22-11-6-12-23-21/h1-12H,13-17H2. The second kappa shape index (κ2) is 8.08. The summed E-state index contributed by atoms with van der Waals surface area (Å²) in [4.78, 5) is 13.8. The van der Waals surface area contributed by atoms with Crippen LogP contribution >= 0.6 is 0 Å². The molecule has 0 aliphatic carbocycles. The van der Waals surface area contributed by atoms with Crippen molar-refractivity contribution in [2.75, 3.05) is 31.1 Å². The summed E-state index contributed by atoms with van der Waals surface area (Å²) in [6.45, 7) is 3.90. The van der Waals surface area contributed by atoms with Gasteiger partial charge < -0.3 is 4.90 Å². The van der Waals surface area contributed by atoms with Crippen LogP contribution in [0.25, 0.3) is 0 Å². The fourth-order valence-corrected chi connectivity index (χ4v) is 4.93. The van der Waals surface area contributed by atoms with Gasteiger partial charge in [0.2, 0.25) is 15.8 Å². The summed E-state index contributed by atoms with van der Waals surface area (Å²) in [7, 11) is -3.53. The van der Waals surface area contributed by atoms with Gasteiger partial charge in [0.25, 0.3) is 0 Å². The summed E-state index contributed by atoms with van der Waals surface area (Å²) in [5.41, 5.74) is 0.829. The van der Waals surface area contributed by atoms with Crippen LogP contribution in [-0.2, 0) is 16.4 Å². The van der Waals surface area contributed by atoms with Crippen molar-refractivity contribution in [3.05, 3.63) is 78.6 Å². The molecule has 7 heteroatoms. The van der Waals surface area contributed by atoms with Crippen molar-refractivity contribution in [2.45, 2.75) is 16.3 Å². The number of aromatic nitrogens is 2. The van der Waals surface area contributed by atoms with Crippen LogP contribution < -0.4 is 4.90 Å². The van der Waals surface area contributed by atoms with Gasteiger partial charge in [0.15, 0.2) is 0 Å². The maximum absolute atomic E-state index is 13.1. The summed E-state index contributed by atoms with van der Waals surface area (Å²) in [6, 6.07) is 17.7. The molecule has 1 fully saturated rings. The van der Waals surface area contributed by atoms with E-state index in [-0.39, 0.29) is 0 Å². The van der Waals surface area contributed by atoms with Crippen molar-refractivity contribution in [3.8, 4) is 0 Å². The lowest BCUT2D eigenvalue weighted by atomic mass is 10.2. The van der Waals surface area contributed by atoms with Crippen LogP contribution in [0.5, 0.6) is 0 Å². The molecule has 0 amide bonds. The molecule has 1 aliphatic heterocycles. The fraction of sp³-hybridized carbons (Fsp3) is 0.238. The van der Waals surface area contributed by atoms with E-state index in [0.717, 1.165) is 37.7 Å². The lowest BCUT2D eigenvalue weighted by Gasteiger charge is -2.34. The van der Waals surface area contributed by atoms with E-state index in [1.54, 1.807) is 48.8 Å². The topological polar surface area (TPSA) is 66.4 Å². The highest BCUT2D eigenvalue weighted by Gasteiger charge is 2.24. The minimum Gasteiger partial charge on any atom is -0.338 e. The third kappa shape index (κ3) is 3.90. The Balaban J connectivity index is 1.50. The van der Waals surface area contributed by atoms with Crippen molar-refractivity contribution in [2.24, 2.45) is 0 Å². The first-order valence-corrected chi connectivity index (χ1v) is 10.8. The highest BCUT2D eigenvalue weighted by atomic mass is 32.2. The zero-order chi connectivity index (χ0) is 19.4. The normalized spacial score (nSPS) is 15.5. The molecule has 0 radical (unpaired) electrons. The number of benzene rings is 2. The predicted molar refractivity (Wildman–Crippen MR) is 108 cm³/mol. The highest BCUT2D eigenvalue weighted by molar-refractivity contribution is 7.91. The maximum Gasteiger partial charge on any atom is 0.225 e. The first kappa shape index (κ1) is 18.6. The van der Waals surface area contributed by atoms with E-state index in [1.165, 1.54) is 0 Å². The van der Waals surface area contributed by atoms with Crippen LogP contribution in [-0.4, -0.2) is 49.5 Å². The molecule has 0 N–H and O–H groups in total. The smallest absolute Gasteiger partial charge is 0.225 e. The molecule has 6 nitrogen and oxygen atoms in total. The molecule has 1 aliphatic rings. The van der Waals surface area contributed by atoms with E-state index in [9.17, 15) is 8.42 Å². The summed E-state index contributed by atoms with van der Waals surface area (Å²) >= 11 is 0. The van der Waals surface area contributed by atoms with Gasteiger partial charge in [-0.3, -0.25) is 4.90 Å². The Hall–Kier alpha value is -2.77. The van der Waals surface area contributed by atoms with Gasteiger partial charge >= 0.3 is 0 Å². The lowest BCUT2D eigenvalue weighted by Crippen LogP contribution is -2.46. The molecule has 4 rings (SSSR count). The monoisotopic (exact) mass is 394 g/mol. The quantitative estimate of drug-likeness (QED) is 0.663. The van der Waals surface area contributed by atoms with E-state index in [4.69, 9.17) is 0 Å². The second-order valence-corrected chi connectivity index (χ2v) is 8.65. The molecule has 1 saturated heterocycles. The van der Waals surface area contributed by atoms with Gasteiger partial charge in [-0.25, -0.2) is 18.4 Å². The van der Waals surface area contributed by atoms with Crippen LogP contribution in [0, 0.1) is 0 Å². The van der Waals surface area contributed by atoms with E-state index >= 15 is 0 Å². The largest absolute Gasteiger partial charge is 0.338 e. The van der Waals surface area contributed by atoms with E-state index < -0.39 is 9.84 Å². The van der Waals surface area contributed by atoms with Crippen LogP contribution in [0.4, 0.5) is 5.95 Å². The van der Waals surface area contributed by atoms with Crippen molar-refractivity contribution >= 4 is 15.8 Å². The lowest BCUT2D eigenvalue weighted by molar-refractivity contribution is 0.247. The van der Waals surface area contributed by atoms with Crippen molar-refractivity contribution < 1.29 is 8.42 Å². The van der Waals surface area contributed by atoms with Crippen molar-refractivity contribution in [1.29, 1.82) is 0 Å². The summed E-state index contributed by atoms with van der Waals surface area (Å²) in [5, 5.41) is 0. The molecule has 0 saturated carbocycles. The molecular formula is C21H22N4O2S. The highest BCUT2D eigenvalue weighted by Crippen LogP contribution is 2.25. The van der Waals surface area contributed by atoms with Gasteiger partial charge in [0.05, 0.1) is 9.79 Å². The number of hydrogen-bond donors (Lipinski definition) is 0. The van der Waals surface area contributed by atoms with E-state index in [2.05, 4.69) is 19.8 Å². The van der Waals surface area contributed by atoms with Gasteiger partial charge in [-0.15, -0.1) is 0 Å². The van der Waals surface area contributed by atoms with Crippen LogP contribution in [0.15, 0.2) is 82.8 Å². The molecular weight excluding hydrogens is 372 g/mol. The number of anilines is 1. The minimum atomic E-state index is -3.53. The molecule has 144 valence electrons. The van der Waals surface area contributed by atoms with Gasteiger partial charge in [-0.1, -0.05) is 36.4 Å². The van der Waals surface area contributed by atoms with Crippen LogP contribution in [0.2, 0.25) is 0 Å². The summed E-state index contributed by atoms with van der Waals surface area (Å²) in [6.07, 6.45) is 3.50. The molecule has 0 unspecified atom stereocenters. The zero-order valence-electron chi connectivity index (χ0n) is 15.5. The molecule has 2 aromatic carbocycles. The van der Waals surface area contributed by atoms with E-state index in [0.29, 0.717) is 16.3 Å². The Morgan fingerprint density at radius 3 is 2.14 bits per heavy atom. The predicted octanol–water partition coefficient (Wildman–Crippen LogP) is 2.63. The third-order valence-corrected chi connectivity index (χ3v) is 6.79. The molecule has 0 spiro atoms. The van der Waals surface area contributed by atoms with Gasteiger partial charge in [-0.05, 0) is 29.8 Å². The molecule has 0 atom stereocenters. The number of piperazine rings is 1. The van der Waals surface area contributed by atoms with Gasteiger partial charge in [0.1, 0.15) is 0 Å². The SMILES string of the molecule is O=S(=O)(c1ccccc1)c1ccccc1CN1CCN(c2ncccn2)CC1. The first-order valence-electron chi connectivity index (χ1n) is 9.27. The fourth-order valence-electron chi connectivity index (χ4n) is 3.42. The number of hydrogen-bond acceptors (Lipinski definition) is 6. The van der Waals surface area contributed by atoms with E-state index in [1.807, 2.05) is 24.3 Å². The average Bonchev–Trinajstić information content (AvgIpc) is 2.76. The molecule has 0 bridgehead atoms. The first-order chi connectivity index (χ1) is 13.6. The third-order valence-electron chi connectivity index (χ3n) is 4.92. The van der Waals surface area contributed by atoms with Crippen LogP contribution in [0.3, 0.4) is 0 Å². The Bertz CT molecular complexity index is 1020. The summed E-state index contributed by atoms with van der Waals surface area (Å²) in [5.74, 6) is 0.745. The number of nitrogens with zero attached hydrogens (tertiary/aromatic N) is 4. The van der Waals surface area contributed by atoms with Gasteiger partial charge in [0, 0.05) is 45.1 Å². The van der Waals surface area contributed by atoms with Crippen LogP contribution in [0.1, 0.15) is 5.56 Å². The van der Waals surface area contributed by atoms with Crippen molar-refractivity contribution in [1.82, 2.24) is 14.9 Å².